The maximum Gasteiger partial charge on any atom is 0.0121 e. The van der Waals surface area contributed by atoms with Gasteiger partial charge in [0.05, 0.1) is 0 Å². The maximum absolute atomic E-state index is 3.67. The van der Waals surface area contributed by atoms with Gasteiger partial charge in [0.25, 0.3) is 0 Å². The van der Waals surface area contributed by atoms with Crippen molar-refractivity contribution in [2.75, 3.05) is 6.54 Å². The summed E-state index contributed by atoms with van der Waals surface area (Å²) in [6, 6.07) is 0.769. The molecule has 0 amide bonds. The van der Waals surface area contributed by atoms with E-state index in [0.29, 0.717) is 5.41 Å². The lowest BCUT2D eigenvalue weighted by atomic mass is 9.78. The molecular weight excluding hydrogens is 158 g/mol. The average molecular weight is 183 g/mol. The molecule has 1 saturated carbocycles. The minimum atomic E-state index is 0.603. The molecule has 0 bridgehead atoms. The lowest BCUT2D eigenvalue weighted by Crippen LogP contribution is -2.41. The Labute approximate surface area is 83.3 Å². The minimum Gasteiger partial charge on any atom is -0.314 e. The number of rotatable bonds is 5. The Bertz CT molecular complexity index is 130. The molecule has 0 aromatic carbocycles. The predicted octanol–water partition coefficient (Wildman–Crippen LogP) is 3.34. The summed E-state index contributed by atoms with van der Waals surface area (Å²) < 4.78 is 0. The van der Waals surface area contributed by atoms with Crippen molar-refractivity contribution in [2.24, 2.45) is 5.41 Å². The van der Waals surface area contributed by atoms with E-state index in [0.717, 1.165) is 12.6 Å². The van der Waals surface area contributed by atoms with Gasteiger partial charge in [-0.2, -0.15) is 0 Å². The second-order valence-electron chi connectivity index (χ2n) is 4.76. The molecule has 0 aromatic heterocycles. The quantitative estimate of drug-likeness (QED) is 0.689. The SMILES string of the molecule is CCCC(NCC)C1(C)CCCC1. The van der Waals surface area contributed by atoms with E-state index in [4.69, 9.17) is 0 Å². The lowest BCUT2D eigenvalue weighted by molar-refractivity contribution is 0.211. The molecule has 0 saturated heterocycles. The van der Waals surface area contributed by atoms with Gasteiger partial charge in [-0.3, -0.25) is 0 Å². The van der Waals surface area contributed by atoms with E-state index in [-0.39, 0.29) is 0 Å². The van der Waals surface area contributed by atoms with Crippen molar-refractivity contribution in [1.29, 1.82) is 0 Å². The molecule has 0 radical (unpaired) electrons. The van der Waals surface area contributed by atoms with Gasteiger partial charge in [-0.15, -0.1) is 0 Å². The molecule has 0 aliphatic heterocycles. The fourth-order valence-corrected chi connectivity index (χ4v) is 2.76. The van der Waals surface area contributed by atoms with Crippen molar-refractivity contribution >= 4 is 0 Å². The fraction of sp³-hybridized carbons (Fsp3) is 1.00. The zero-order chi connectivity index (χ0) is 9.73. The first kappa shape index (κ1) is 11.0. The van der Waals surface area contributed by atoms with Crippen LogP contribution in [0, 0.1) is 5.41 Å². The van der Waals surface area contributed by atoms with Crippen molar-refractivity contribution in [3.63, 3.8) is 0 Å². The molecule has 13 heavy (non-hydrogen) atoms. The van der Waals surface area contributed by atoms with Gasteiger partial charge in [0.2, 0.25) is 0 Å². The molecule has 0 heterocycles. The molecule has 1 unspecified atom stereocenters. The lowest BCUT2D eigenvalue weighted by Gasteiger charge is -2.34. The molecule has 78 valence electrons. The predicted molar refractivity (Wildman–Crippen MR) is 58.9 cm³/mol. The van der Waals surface area contributed by atoms with Crippen LogP contribution in [0.5, 0.6) is 0 Å². The molecule has 1 N–H and O–H groups in total. The van der Waals surface area contributed by atoms with Crippen LogP contribution in [0.15, 0.2) is 0 Å². The topological polar surface area (TPSA) is 12.0 Å². The molecule has 1 aliphatic carbocycles. The largest absolute Gasteiger partial charge is 0.314 e. The van der Waals surface area contributed by atoms with Gasteiger partial charge in [0, 0.05) is 6.04 Å². The summed E-state index contributed by atoms with van der Waals surface area (Å²) in [4.78, 5) is 0. The first-order chi connectivity index (χ1) is 6.23. The Balaban J connectivity index is 2.50. The van der Waals surface area contributed by atoms with E-state index in [1.807, 2.05) is 0 Å². The molecule has 1 rings (SSSR count). The summed E-state index contributed by atoms with van der Waals surface area (Å²) in [7, 11) is 0. The van der Waals surface area contributed by atoms with Crippen LogP contribution in [-0.4, -0.2) is 12.6 Å². The van der Waals surface area contributed by atoms with E-state index in [1.165, 1.54) is 38.5 Å². The van der Waals surface area contributed by atoms with Gasteiger partial charge in [0.15, 0.2) is 0 Å². The summed E-state index contributed by atoms with van der Waals surface area (Å²) in [6.45, 7) is 8.12. The van der Waals surface area contributed by atoms with E-state index < -0.39 is 0 Å². The Morgan fingerprint density at radius 2 is 1.85 bits per heavy atom. The van der Waals surface area contributed by atoms with E-state index in [9.17, 15) is 0 Å². The van der Waals surface area contributed by atoms with E-state index >= 15 is 0 Å². The highest BCUT2D eigenvalue weighted by molar-refractivity contribution is 4.90. The third-order valence-electron chi connectivity index (χ3n) is 3.61. The van der Waals surface area contributed by atoms with Crippen molar-refractivity contribution in [3.05, 3.63) is 0 Å². The standard InChI is InChI=1S/C12H25N/c1-4-8-11(13-5-2)12(3)9-6-7-10-12/h11,13H,4-10H2,1-3H3. The van der Waals surface area contributed by atoms with Gasteiger partial charge in [-0.05, 0) is 31.2 Å². The summed E-state index contributed by atoms with van der Waals surface area (Å²) in [5.41, 5.74) is 0.603. The third kappa shape index (κ3) is 2.70. The van der Waals surface area contributed by atoms with Gasteiger partial charge in [-0.25, -0.2) is 0 Å². The van der Waals surface area contributed by atoms with Crippen LogP contribution in [0.1, 0.15) is 59.3 Å². The summed E-state index contributed by atoms with van der Waals surface area (Å²) in [6.07, 6.45) is 8.43. The Morgan fingerprint density at radius 1 is 1.23 bits per heavy atom. The van der Waals surface area contributed by atoms with Crippen LogP contribution in [0.4, 0.5) is 0 Å². The summed E-state index contributed by atoms with van der Waals surface area (Å²) >= 11 is 0. The maximum atomic E-state index is 3.67. The third-order valence-corrected chi connectivity index (χ3v) is 3.61. The van der Waals surface area contributed by atoms with Gasteiger partial charge in [-0.1, -0.05) is 40.0 Å². The normalized spacial score (nSPS) is 23.3. The van der Waals surface area contributed by atoms with Crippen molar-refractivity contribution in [1.82, 2.24) is 5.32 Å². The first-order valence-electron chi connectivity index (χ1n) is 5.96. The van der Waals surface area contributed by atoms with Crippen LogP contribution < -0.4 is 5.32 Å². The van der Waals surface area contributed by atoms with Crippen molar-refractivity contribution in [2.45, 2.75) is 65.3 Å². The molecule has 1 nitrogen and oxygen atoms in total. The number of hydrogen-bond donors (Lipinski definition) is 1. The zero-order valence-electron chi connectivity index (χ0n) is 9.53. The average Bonchev–Trinajstić information content (AvgIpc) is 2.53. The van der Waals surface area contributed by atoms with Crippen LogP contribution in [0.3, 0.4) is 0 Å². The van der Waals surface area contributed by atoms with Gasteiger partial charge in [0.1, 0.15) is 0 Å². The van der Waals surface area contributed by atoms with Crippen molar-refractivity contribution in [3.8, 4) is 0 Å². The fourth-order valence-electron chi connectivity index (χ4n) is 2.76. The smallest absolute Gasteiger partial charge is 0.0121 e. The van der Waals surface area contributed by atoms with Crippen LogP contribution in [-0.2, 0) is 0 Å². The highest BCUT2D eigenvalue weighted by Gasteiger charge is 2.35. The molecule has 0 spiro atoms. The molecule has 1 heteroatoms. The first-order valence-corrected chi connectivity index (χ1v) is 5.96. The van der Waals surface area contributed by atoms with Crippen LogP contribution in [0.25, 0.3) is 0 Å². The summed E-state index contributed by atoms with van der Waals surface area (Å²) in [5.74, 6) is 0. The molecule has 1 atom stereocenters. The van der Waals surface area contributed by atoms with Gasteiger partial charge < -0.3 is 5.32 Å². The van der Waals surface area contributed by atoms with Crippen LogP contribution in [0.2, 0.25) is 0 Å². The molecule has 1 aliphatic rings. The highest BCUT2D eigenvalue weighted by atomic mass is 14.9. The minimum absolute atomic E-state index is 0.603. The molecular formula is C12H25N. The zero-order valence-corrected chi connectivity index (χ0v) is 9.53. The van der Waals surface area contributed by atoms with Crippen LogP contribution >= 0.6 is 0 Å². The van der Waals surface area contributed by atoms with E-state index in [2.05, 4.69) is 26.1 Å². The monoisotopic (exact) mass is 183 g/mol. The second kappa shape index (κ2) is 4.99. The second-order valence-corrected chi connectivity index (χ2v) is 4.76. The Morgan fingerprint density at radius 3 is 2.31 bits per heavy atom. The number of nitrogens with one attached hydrogen (secondary N) is 1. The summed E-state index contributed by atoms with van der Waals surface area (Å²) in [5, 5.41) is 3.67. The Hall–Kier alpha value is -0.0400. The van der Waals surface area contributed by atoms with Crippen molar-refractivity contribution < 1.29 is 0 Å². The van der Waals surface area contributed by atoms with E-state index in [1.54, 1.807) is 0 Å². The highest BCUT2D eigenvalue weighted by Crippen LogP contribution is 2.41. The number of hydrogen-bond acceptors (Lipinski definition) is 1. The van der Waals surface area contributed by atoms with Gasteiger partial charge >= 0.3 is 0 Å². The Kier molecular flexibility index (Phi) is 4.24. The molecule has 1 fully saturated rings. The molecule has 0 aromatic rings.